The summed E-state index contributed by atoms with van der Waals surface area (Å²) in [5.74, 6) is 2.30. The van der Waals surface area contributed by atoms with E-state index in [2.05, 4.69) is 14.6 Å². The molecule has 7 aromatic rings. The Morgan fingerprint density at radius 2 is 1.05 bits per heavy atom. The Morgan fingerprint density at radius 3 is 1.51 bits per heavy atom. The molecule has 8 bridgehead atoms. The van der Waals surface area contributed by atoms with Crippen molar-refractivity contribution in [1.82, 2.24) is 49.5 Å². The van der Waals surface area contributed by atoms with Crippen molar-refractivity contribution in [2.24, 2.45) is 0 Å². The second kappa shape index (κ2) is 15.4. The normalized spacial score (nSPS) is 13.8. The van der Waals surface area contributed by atoms with Crippen molar-refractivity contribution in [1.29, 1.82) is 0 Å². The molecule has 3 aliphatic rings. The molecule has 0 saturated carbocycles. The minimum atomic E-state index is -3.02. The fourth-order valence-electron chi connectivity index (χ4n) is 6.91. The van der Waals surface area contributed by atoms with E-state index in [1.54, 1.807) is 0 Å². The van der Waals surface area contributed by atoms with Crippen LogP contribution >= 0.6 is 0 Å². The molecule has 4 aromatic carbocycles. The van der Waals surface area contributed by atoms with Crippen molar-refractivity contribution in [3.05, 3.63) is 97.1 Å². The first-order chi connectivity index (χ1) is 26.4. The van der Waals surface area contributed by atoms with Gasteiger partial charge in [0.1, 0.15) is 11.3 Å². The second-order valence-corrected chi connectivity index (χ2v) is 15.0. The van der Waals surface area contributed by atoms with Gasteiger partial charge in [-0.05, 0) is 23.7 Å². The molecule has 2 N–H and O–H groups in total. The van der Waals surface area contributed by atoms with Crippen LogP contribution in [0, 0.1) is 0 Å². The number of sulfonamides is 1. The van der Waals surface area contributed by atoms with Crippen molar-refractivity contribution >= 4 is 54.2 Å². The summed E-state index contributed by atoms with van der Waals surface area (Å²) in [5, 5.41) is 3.70. The molecule has 6 heterocycles. The van der Waals surface area contributed by atoms with E-state index in [9.17, 15) is 8.42 Å². The number of nitrogens with zero attached hydrogens (tertiary/aromatic N) is 8. The number of fused-ring (bicyclic) bond motifs is 20. The predicted octanol–water partition coefficient (Wildman–Crippen LogP) is 5.75. The Balaban J connectivity index is 0.000000244. The fraction of sp³-hybridized carbons (Fsp3) is 0.200. The van der Waals surface area contributed by atoms with Crippen molar-refractivity contribution in [2.45, 2.75) is 6.42 Å². The van der Waals surface area contributed by atoms with E-state index in [-0.39, 0.29) is 17.1 Å². The average molecular weight is 799 g/mol. The van der Waals surface area contributed by atoms with Gasteiger partial charge < -0.3 is 24.7 Å². The summed E-state index contributed by atoms with van der Waals surface area (Å²) in [5.41, 5.74) is 6.11. The van der Waals surface area contributed by atoms with Crippen LogP contribution in [-0.4, -0.2) is 93.9 Å². The first-order valence-corrected chi connectivity index (χ1v) is 19.7. The van der Waals surface area contributed by atoms with Gasteiger partial charge in [-0.1, -0.05) is 97.1 Å². The monoisotopic (exact) mass is 798 g/mol. The SMILES string of the molecule is CS(=O)(=O)NCCCN1CCOCC1.[Cu+].c1ccc2c(c1)-c1nc-2nc2[nH]c(nc3nc(nc4[n-]c(n1)c1ccccc41)-c1ccccc1-3)c1ccccc21. The second-order valence-electron chi connectivity index (χ2n) is 13.2. The van der Waals surface area contributed by atoms with Gasteiger partial charge in [0.05, 0.1) is 31.1 Å². The molecule has 0 amide bonds. The summed E-state index contributed by atoms with van der Waals surface area (Å²) in [6.45, 7) is 4.96. The average Bonchev–Trinajstić information content (AvgIpc) is 3.93. The molecule has 10 rings (SSSR count). The maximum absolute atomic E-state index is 10.7. The van der Waals surface area contributed by atoms with E-state index in [0.717, 1.165) is 83.1 Å². The Morgan fingerprint density at radius 1 is 0.636 bits per heavy atom. The standard InChI is InChI=1S/C32H17N8.C8H18N2O3S.Cu/c1-2-10-18-17(9-1)25-33-26(18)38-28-21-13-5-6-14-22(21)30(35-28)40-32-24-16-8-7-15-23(24)31(36-32)39-29-20-12-4-3-11-19(20)27(34-29)37-25;1-14(11,12)9-3-2-4-10-5-7-13-8-6-10;/h1-16H,(H-,33,34,35,36,37,38,39,40);9H,2-8H2,1H3;/q-1;;+1. The number of morpholine rings is 1. The molecule has 3 aliphatic heterocycles. The smallest absolute Gasteiger partial charge is 0.379 e. The van der Waals surface area contributed by atoms with Gasteiger partial charge in [0, 0.05) is 64.0 Å². The van der Waals surface area contributed by atoms with Gasteiger partial charge in [0.2, 0.25) is 10.0 Å². The predicted molar refractivity (Wildman–Crippen MR) is 210 cm³/mol. The van der Waals surface area contributed by atoms with E-state index >= 15 is 0 Å². The number of benzene rings is 4. The maximum atomic E-state index is 10.7. The van der Waals surface area contributed by atoms with E-state index in [0.29, 0.717) is 52.4 Å². The molecule has 15 heteroatoms. The molecular formula is C40H35CuN10O3S. The van der Waals surface area contributed by atoms with Crippen molar-refractivity contribution in [2.75, 3.05) is 45.6 Å². The number of H-pyrrole nitrogens is 1. The minimum Gasteiger partial charge on any atom is -0.379 e. The fourth-order valence-corrected chi connectivity index (χ4v) is 7.42. The van der Waals surface area contributed by atoms with Gasteiger partial charge >= 0.3 is 17.1 Å². The van der Waals surface area contributed by atoms with Crippen LogP contribution in [0.1, 0.15) is 6.42 Å². The number of ether oxygens (including phenoxy) is 1. The zero-order chi connectivity index (χ0) is 36.6. The number of nitrogens with one attached hydrogen (secondary N) is 2. The molecule has 280 valence electrons. The van der Waals surface area contributed by atoms with Gasteiger partial charge in [0.25, 0.3) is 0 Å². The van der Waals surface area contributed by atoms with Crippen LogP contribution in [-0.2, 0) is 31.8 Å². The van der Waals surface area contributed by atoms with Gasteiger partial charge in [-0.25, -0.2) is 33.1 Å². The first-order valence-electron chi connectivity index (χ1n) is 17.8. The van der Waals surface area contributed by atoms with Crippen LogP contribution in [0.15, 0.2) is 97.1 Å². The number of rotatable bonds is 5. The van der Waals surface area contributed by atoms with E-state index in [4.69, 9.17) is 39.6 Å². The summed E-state index contributed by atoms with van der Waals surface area (Å²) in [6, 6.07) is 32.0. The zero-order valence-corrected chi connectivity index (χ0v) is 31.5. The Kier molecular flexibility index (Phi) is 10.2. The summed E-state index contributed by atoms with van der Waals surface area (Å²) < 4.78 is 29.2. The van der Waals surface area contributed by atoms with Gasteiger partial charge in [-0.15, -0.1) is 0 Å². The topological polar surface area (TPSA) is 166 Å². The van der Waals surface area contributed by atoms with E-state index < -0.39 is 10.0 Å². The number of aromatic nitrogens is 8. The quantitative estimate of drug-likeness (QED) is 0.161. The van der Waals surface area contributed by atoms with Crippen LogP contribution in [0.4, 0.5) is 0 Å². The number of hydrogen-bond donors (Lipinski definition) is 2. The molecule has 55 heavy (non-hydrogen) atoms. The Labute approximate surface area is 327 Å². The molecule has 13 nitrogen and oxygen atoms in total. The maximum Gasteiger partial charge on any atom is 1.00 e. The van der Waals surface area contributed by atoms with E-state index in [1.165, 1.54) is 6.26 Å². The van der Waals surface area contributed by atoms with Gasteiger partial charge in [0.15, 0.2) is 11.6 Å². The zero-order valence-electron chi connectivity index (χ0n) is 29.7. The van der Waals surface area contributed by atoms with Crippen LogP contribution in [0.2, 0.25) is 0 Å². The first kappa shape index (κ1) is 36.6. The molecule has 1 saturated heterocycles. The molecule has 0 aliphatic carbocycles. The summed E-state index contributed by atoms with van der Waals surface area (Å²) in [4.78, 5) is 40.3. The van der Waals surface area contributed by atoms with Crippen molar-refractivity contribution in [3.63, 3.8) is 0 Å². The third kappa shape index (κ3) is 7.50. The van der Waals surface area contributed by atoms with Crippen LogP contribution < -0.4 is 9.71 Å². The molecule has 0 radical (unpaired) electrons. The third-order valence-corrected chi connectivity index (χ3v) is 10.2. The van der Waals surface area contributed by atoms with Crippen molar-refractivity contribution < 1.29 is 30.2 Å². The molecule has 3 aromatic heterocycles. The molecule has 0 spiro atoms. The Hall–Kier alpha value is -5.41. The number of hydrogen-bond acceptors (Lipinski definition) is 10. The van der Waals surface area contributed by atoms with Crippen LogP contribution in [0.25, 0.3) is 89.7 Å². The molecule has 0 atom stereocenters. The van der Waals surface area contributed by atoms with Crippen LogP contribution in [0.3, 0.4) is 0 Å². The largest absolute Gasteiger partial charge is 1.00 e. The van der Waals surface area contributed by atoms with Crippen LogP contribution in [0.5, 0.6) is 0 Å². The van der Waals surface area contributed by atoms with Gasteiger partial charge in [-0.3, -0.25) is 4.90 Å². The number of aromatic amines is 1. The van der Waals surface area contributed by atoms with Crippen molar-refractivity contribution in [3.8, 4) is 45.6 Å². The summed E-state index contributed by atoms with van der Waals surface area (Å²) in [7, 11) is -3.02. The summed E-state index contributed by atoms with van der Waals surface area (Å²) in [6.07, 6.45) is 2.04. The molecular weight excluding hydrogens is 764 g/mol. The third-order valence-electron chi connectivity index (χ3n) is 9.51. The Bertz CT molecular complexity index is 2520. The summed E-state index contributed by atoms with van der Waals surface area (Å²) >= 11 is 0. The molecule has 1 fully saturated rings. The molecule has 0 unspecified atom stereocenters. The minimum absolute atomic E-state index is 0. The van der Waals surface area contributed by atoms with Gasteiger partial charge in [-0.2, -0.15) is 0 Å². The van der Waals surface area contributed by atoms with E-state index in [1.807, 2.05) is 97.1 Å².